The van der Waals surface area contributed by atoms with Crippen molar-refractivity contribution in [3.63, 3.8) is 0 Å². The molecule has 10 heteroatoms. The monoisotopic (exact) mass is 405 g/mol. The van der Waals surface area contributed by atoms with Crippen LogP contribution in [0.3, 0.4) is 0 Å². The molecule has 1 fully saturated rings. The first-order valence-electron chi connectivity index (χ1n) is 8.61. The van der Waals surface area contributed by atoms with Gasteiger partial charge in [-0.25, -0.2) is 0 Å². The van der Waals surface area contributed by atoms with Gasteiger partial charge in [0, 0.05) is 18.5 Å². The molecule has 4 rings (SSSR count). The summed E-state index contributed by atoms with van der Waals surface area (Å²) in [6.45, 7) is 0. The third kappa shape index (κ3) is 3.26. The number of hydrogen-bond donors (Lipinski definition) is 2. The number of hydrogen-bond acceptors (Lipinski definition) is 4. The van der Waals surface area contributed by atoms with E-state index in [9.17, 15) is 27.6 Å². The molecule has 2 heterocycles. The minimum Gasteiger partial charge on any atom is -0.406 e. The van der Waals surface area contributed by atoms with E-state index in [2.05, 4.69) is 15.4 Å². The summed E-state index contributed by atoms with van der Waals surface area (Å²) in [4.78, 5) is 39.3. The van der Waals surface area contributed by atoms with Gasteiger partial charge in [0.05, 0.1) is 11.3 Å². The second-order valence-electron chi connectivity index (χ2n) is 6.59. The van der Waals surface area contributed by atoms with Crippen LogP contribution in [-0.4, -0.2) is 29.7 Å². The Balaban J connectivity index is 1.61. The standard InChI is InChI=1S/C19H14F3N3O4/c20-19(21,22)29-12-7-5-11(6-8-12)23-17(28)18-10-9-15(26)25(18)14-4-2-1-3-13(14)16(27)24-18/h1-8H,9-10H2,(H,23,28)(H,24,27). The quantitative estimate of drug-likeness (QED) is 0.822. The highest BCUT2D eigenvalue weighted by Crippen LogP contribution is 2.39. The van der Waals surface area contributed by atoms with Crippen molar-refractivity contribution >= 4 is 29.1 Å². The van der Waals surface area contributed by atoms with E-state index >= 15 is 0 Å². The van der Waals surface area contributed by atoms with E-state index in [1.807, 2.05) is 0 Å². The van der Waals surface area contributed by atoms with Crippen LogP contribution in [0.1, 0.15) is 23.2 Å². The van der Waals surface area contributed by atoms with E-state index in [0.717, 1.165) is 12.1 Å². The molecule has 150 valence electrons. The van der Waals surface area contributed by atoms with Crippen LogP contribution in [0.5, 0.6) is 5.75 Å². The largest absolute Gasteiger partial charge is 0.573 e. The fourth-order valence-corrected chi connectivity index (χ4v) is 3.54. The normalized spacial score (nSPS) is 20.6. The van der Waals surface area contributed by atoms with Crippen molar-refractivity contribution in [2.24, 2.45) is 0 Å². The average Bonchev–Trinajstić information content (AvgIpc) is 3.00. The molecular formula is C19H14F3N3O4. The molecule has 1 saturated heterocycles. The average molecular weight is 405 g/mol. The van der Waals surface area contributed by atoms with Gasteiger partial charge >= 0.3 is 6.36 Å². The number of para-hydroxylation sites is 1. The molecule has 2 aromatic carbocycles. The lowest BCUT2D eigenvalue weighted by molar-refractivity contribution is -0.274. The maximum atomic E-state index is 13.1. The van der Waals surface area contributed by atoms with Crippen LogP contribution >= 0.6 is 0 Å². The minimum absolute atomic E-state index is 0.0559. The first kappa shape index (κ1) is 18.8. The topological polar surface area (TPSA) is 87.7 Å². The van der Waals surface area contributed by atoms with Crippen LogP contribution in [0, 0.1) is 0 Å². The summed E-state index contributed by atoms with van der Waals surface area (Å²) in [5.74, 6) is -1.92. The molecule has 29 heavy (non-hydrogen) atoms. The lowest BCUT2D eigenvalue weighted by Gasteiger charge is -2.41. The fraction of sp³-hybridized carbons (Fsp3) is 0.211. The van der Waals surface area contributed by atoms with Crippen molar-refractivity contribution in [2.75, 3.05) is 10.2 Å². The summed E-state index contributed by atoms with van der Waals surface area (Å²) < 4.78 is 40.6. The smallest absolute Gasteiger partial charge is 0.406 e. The number of carbonyl (C=O) groups excluding carboxylic acids is 3. The van der Waals surface area contributed by atoms with E-state index in [1.54, 1.807) is 24.3 Å². The van der Waals surface area contributed by atoms with Crippen molar-refractivity contribution in [2.45, 2.75) is 24.9 Å². The van der Waals surface area contributed by atoms with Gasteiger partial charge in [-0.15, -0.1) is 13.2 Å². The van der Waals surface area contributed by atoms with Crippen LogP contribution in [0.15, 0.2) is 48.5 Å². The van der Waals surface area contributed by atoms with Crippen molar-refractivity contribution in [3.05, 3.63) is 54.1 Å². The first-order chi connectivity index (χ1) is 13.7. The Morgan fingerprint density at radius 3 is 2.48 bits per heavy atom. The Labute approximate surface area is 162 Å². The van der Waals surface area contributed by atoms with Gasteiger partial charge in [0.1, 0.15) is 5.75 Å². The second kappa shape index (κ2) is 6.50. The van der Waals surface area contributed by atoms with Crippen molar-refractivity contribution in [1.29, 1.82) is 0 Å². The molecule has 2 N–H and O–H groups in total. The zero-order chi connectivity index (χ0) is 20.8. The zero-order valence-corrected chi connectivity index (χ0v) is 14.7. The summed E-state index contributed by atoms with van der Waals surface area (Å²) >= 11 is 0. The lowest BCUT2D eigenvalue weighted by atomic mass is 9.98. The SMILES string of the molecule is O=C1NC2(C(=O)Nc3ccc(OC(F)(F)F)cc3)CCC(=O)N2c2ccccc21. The molecule has 0 spiro atoms. The minimum atomic E-state index is -4.83. The summed E-state index contributed by atoms with van der Waals surface area (Å²) in [6, 6.07) is 11.0. The summed E-state index contributed by atoms with van der Waals surface area (Å²) in [5, 5.41) is 5.17. The van der Waals surface area contributed by atoms with Crippen molar-refractivity contribution < 1.29 is 32.3 Å². The number of nitrogens with zero attached hydrogens (tertiary/aromatic N) is 1. The summed E-state index contributed by atoms with van der Waals surface area (Å²) in [6.07, 6.45) is -4.71. The molecule has 1 unspecified atom stereocenters. The molecule has 2 aromatic rings. The lowest BCUT2D eigenvalue weighted by Crippen LogP contribution is -2.68. The third-order valence-corrected chi connectivity index (χ3v) is 4.76. The maximum absolute atomic E-state index is 13.1. The predicted octanol–water partition coefficient (Wildman–Crippen LogP) is 2.79. The zero-order valence-electron chi connectivity index (χ0n) is 14.7. The number of benzene rings is 2. The fourth-order valence-electron chi connectivity index (χ4n) is 3.54. The number of fused-ring (bicyclic) bond motifs is 3. The van der Waals surface area contributed by atoms with Crippen LogP contribution in [0.25, 0.3) is 0 Å². The molecule has 0 saturated carbocycles. The van der Waals surface area contributed by atoms with Gasteiger partial charge in [-0.1, -0.05) is 12.1 Å². The van der Waals surface area contributed by atoms with E-state index in [4.69, 9.17) is 0 Å². The molecular weight excluding hydrogens is 391 g/mol. The summed E-state index contributed by atoms with van der Waals surface area (Å²) in [7, 11) is 0. The Morgan fingerprint density at radius 2 is 1.79 bits per heavy atom. The van der Waals surface area contributed by atoms with Crippen LogP contribution in [0.4, 0.5) is 24.5 Å². The number of ether oxygens (including phenoxy) is 1. The number of rotatable bonds is 3. The molecule has 0 aromatic heterocycles. The van der Waals surface area contributed by atoms with Crippen molar-refractivity contribution in [1.82, 2.24) is 5.32 Å². The van der Waals surface area contributed by atoms with E-state index in [-0.39, 0.29) is 30.0 Å². The summed E-state index contributed by atoms with van der Waals surface area (Å²) in [5.41, 5.74) is -0.808. The van der Waals surface area contributed by atoms with Gasteiger partial charge in [0.25, 0.3) is 11.8 Å². The highest BCUT2D eigenvalue weighted by molar-refractivity contribution is 6.18. The number of anilines is 2. The van der Waals surface area contributed by atoms with E-state index in [1.165, 1.54) is 17.0 Å². The molecule has 3 amide bonds. The maximum Gasteiger partial charge on any atom is 0.573 e. The Hall–Kier alpha value is -3.56. The van der Waals surface area contributed by atoms with Gasteiger partial charge in [-0.2, -0.15) is 0 Å². The third-order valence-electron chi connectivity index (χ3n) is 4.76. The number of amides is 3. The van der Waals surface area contributed by atoms with E-state index < -0.39 is 29.6 Å². The Kier molecular flexibility index (Phi) is 4.21. The Bertz CT molecular complexity index is 1010. The molecule has 2 aliphatic heterocycles. The van der Waals surface area contributed by atoms with E-state index in [0.29, 0.717) is 5.69 Å². The molecule has 0 aliphatic carbocycles. The van der Waals surface area contributed by atoms with Crippen molar-refractivity contribution in [3.8, 4) is 5.75 Å². The van der Waals surface area contributed by atoms with Gasteiger partial charge in [-0.3, -0.25) is 19.3 Å². The van der Waals surface area contributed by atoms with Gasteiger partial charge in [0.15, 0.2) is 0 Å². The molecule has 0 bridgehead atoms. The highest BCUT2D eigenvalue weighted by Gasteiger charge is 2.56. The number of carbonyl (C=O) groups is 3. The number of halogens is 3. The number of alkyl halides is 3. The second-order valence-corrected chi connectivity index (χ2v) is 6.59. The first-order valence-corrected chi connectivity index (χ1v) is 8.61. The van der Waals surface area contributed by atoms with Crippen LogP contribution in [-0.2, 0) is 9.59 Å². The molecule has 7 nitrogen and oxygen atoms in total. The van der Waals surface area contributed by atoms with Gasteiger partial charge in [-0.05, 0) is 36.4 Å². The number of nitrogens with one attached hydrogen (secondary N) is 2. The molecule has 1 atom stereocenters. The predicted molar refractivity (Wildman–Crippen MR) is 95.1 cm³/mol. The van der Waals surface area contributed by atoms with Crippen LogP contribution < -0.4 is 20.3 Å². The highest BCUT2D eigenvalue weighted by atomic mass is 19.4. The molecule has 2 aliphatic rings. The Morgan fingerprint density at radius 1 is 1.10 bits per heavy atom. The van der Waals surface area contributed by atoms with Crippen LogP contribution in [0.2, 0.25) is 0 Å². The van der Waals surface area contributed by atoms with Gasteiger partial charge < -0.3 is 15.4 Å². The van der Waals surface area contributed by atoms with Gasteiger partial charge in [0.2, 0.25) is 11.6 Å². The molecule has 0 radical (unpaired) electrons.